The number of rotatable bonds is 2. The minimum atomic E-state index is -0.446. The van der Waals surface area contributed by atoms with Gasteiger partial charge in [-0.05, 0) is 94.9 Å². The summed E-state index contributed by atoms with van der Waals surface area (Å²) in [7, 11) is 0. The summed E-state index contributed by atoms with van der Waals surface area (Å²) in [6.07, 6.45) is 11.3. The van der Waals surface area contributed by atoms with Crippen LogP contribution in [0, 0.1) is 0 Å². The highest BCUT2D eigenvalue weighted by atomic mass is 16.6. The third-order valence-corrected chi connectivity index (χ3v) is 5.82. The number of anilines is 1. The SMILES string of the molecule is CC(C)(C)OC(=O)N1CCCCC(c2ccc(N)c(C3=CCCCC3)c2)CC1. The van der Waals surface area contributed by atoms with Crippen molar-refractivity contribution in [2.24, 2.45) is 0 Å². The molecule has 1 aliphatic heterocycles. The summed E-state index contributed by atoms with van der Waals surface area (Å²) in [5, 5.41) is 0. The number of ether oxygens (including phenoxy) is 1. The smallest absolute Gasteiger partial charge is 0.410 e. The third kappa shape index (κ3) is 5.52. The summed E-state index contributed by atoms with van der Waals surface area (Å²) in [5.74, 6) is 0.466. The van der Waals surface area contributed by atoms with Crippen LogP contribution < -0.4 is 5.73 Å². The van der Waals surface area contributed by atoms with Crippen LogP contribution in [0.1, 0.15) is 89.2 Å². The van der Waals surface area contributed by atoms with E-state index in [0.717, 1.165) is 50.9 Å². The van der Waals surface area contributed by atoms with Crippen molar-refractivity contribution < 1.29 is 9.53 Å². The van der Waals surface area contributed by atoms with Crippen molar-refractivity contribution in [1.29, 1.82) is 0 Å². The highest BCUT2D eigenvalue weighted by molar-refractivity contribution is 5.76. The number of nitrogen functional groups attached to an aromatic ring is 1. The van der Waals surface area contributed by atoms with Gasteiger partial charge in [0.15, 0.2) is 0 Å². The summed E-state index contributed by atoms with van der Waals surface area (Å²) >= 11 is 0. The molecule has 1 atom stereocenters. The molecule has 1 fully saturated rings. The van der Waals surface area contributed by atoms with Crippen molar-refractivity contribution in [2.45, 2.75) is 83.7 Å². The Balaban J connectivity index is 1.72. The maximum absolute atomic E-state index is 12.5. The number of benzene rings is 1. The molecule has 1 aromatic rings. The lowest BCUT2D eigenvalue weighted by molar-refractivity contribution is 0.0232. The first-order valence-corrected chi connectivity index (χ1v) is 10.9. The van der Waals surface area contributed by atoms with Gasteiger partial charge in [-0.1, -0.05) is 18.6 Å². The van der Waals surface area contributed by atoms with Crippen molar-refractivity contribution >= 4 is 17.4 Å². The van der Waals surface area contributed by atoms with Crippen molar-refractivity contribution in [3.63, 3.8) is 0 Å². The number of amides is 1. The number of nitrogens with zero attached hydrogens (tertiary/aromatic N) is 1. The third-order valence-electron chi connectivity index (χ3n) is 5.82. The first-order valence-electron chi connectivity index (χ1n) is 10.9. The number of allylic oxidation sites excluding steroid dienone is 2. The van der Waals surface area contributed by atoms with Gasteiger partial charge in [0.25, 0.3) is 0 Å². The first kappa shape index (κ1) is 20.8. The highest BCUT2D eigenvalue weighted by Crippen LogP contribution is 2.35. The van der Waals surface area contributed by atoms with Crippen LogP contribution in [0.5, 0.6) is 0 Å². The van der Waals surface area contributed by atoms with Crippen molar-refractivity contribution in [1.82, 2.24) is 4.90 Å². The fraction of sp³-hybridized carbons (Fsp3) is 0.625. The van der Waals surface area contributed by atoms with E-state index in [-0.39, 0.29) is 6.09 Å². The number of carbonyl (C=O) groups excluding carboxylic acids is 1. The van der Waals surface area contributed by atoms with Crippen molar-refractivity contribution in [3.8, 4) is 0 Å². The molecule has 0 aromatic heterocycles. The van der Waals surface area contributed by atoms with Gasteiger partial charge < -0.3 is 15.4 Å². The van der Waals surface area contributed by atoms with E-state index in [1.165, 1.54) is 36.0 Å². The van der Waals surface area contributed by atoms with Gasteiger partial charge in [-0.3, -0.25) is 0 Å². The molecule has 4 nitrogen and oxygen atoms in total. The van der Waals surface area contributed by atoms with E-state index in [0.29, 0.717) is 5.92 Å². The number of carbonyl (C=O) groups is 1. The lowest BCUT2D eigenvalue weighted by Gasteiger charge is -2.31. The minimum Gasteiger partial charge on any atom is -0.444 e. The first-order chi connectivity index (χ1) is 13.3. The summed E-state index contributed by atoms with van der Waals surface area (Å²) in [4.78, 5) is 14.4. The molecule has 1 heterocycles. The Morgan fingerprint density at radius 2 is 1.93 bits per heavy atom. The summed E-state index contributed by atoms with van der Waals surface area (Å²) in [5.41, 5.74) is 10.8. The fourth-order valence-corrected chi connectivity index (χ4v) is 4.29. The molecule has 0 saturated carbocycles. The zero-order valence-corrected chi connectivity index (χ0v) is 17.8. The molecule has 2 aliphatic rings. The Morgan fingerprint density at radius 1 is 1.11 bits per heavy atom. The van der Waals surface area contributed by atoms with Gasteiger partial charge in [0.2, 0.25) is 0 Å². The topological polar surface area (TPSA) is 55.6 Å². The fourth-order valence-electron chi connectivity index (χ4n) is 4.29. The molecule has 4 heteroatoms. The molecule has 1 aromatic carbocycles. The molecular formula is C24H36N2O2. The number of hydrogen-bond donors (Lipinski definition) is 1. The average molecular weight is 385 g/mol. The van der Waals surface area contributed by atoms with Gasteiger partial charge in [-0.15, -0.1) is 0 Å². The van der Waals surface area contributed by atoms with Gasteiger partial charge >= 0.3 is 6.09 Å². The molecule has 1 unspecified atom stereocenters. The maximum atomic E-state index is 12.5. The predicted molar refractivity (Wildman–Crippen MR) is 116 cm³/mol. The quantitative estimate of drug-likeness (QED) is 0.625. The van der Waals surface area contributed by atoms with Crippen LogP contribution in [-0.4, -0.2) is 29.7 Å². The number of nitrogens with two attached hydrogens (primary N) is 1. The van der Waals surface area contributed by atoms with Crippen LogP contribution in [0.3, 0.4) is 0 Å². The molecule has 0 bridgehead atoms. The van der Waals surface area contributed by atoms with Crippen LogP contribution in [0.15, 0.2) is 24.3 Å². The zero-order valence-electron chi connectivity index (χ0n) is 17.8. The van der Waals surface area contributed by atoms with E-state index in [4.69, 9.17) is 10.5 Å². The Labute approximate surface area is 170 Å². The minimum absolute atomic E-state index is 0.182. The largest absolute Gasteiger partial charge is 0.444 e. The van der Waals surface area contributed by atoms with Crippen molar-refractivity contribution in [2.75, 3.05) is 18.8 Å². The Hall–Kier alpha value is -1.97. The molecule has 2 N–H and O–H groups in total. The summed E-state index contributed by atoms with van der Waals surface area (Å²) < 4.78 is 5.59. The van der Waals surface area contributed by atoms with Gasteiger partial charge in [-0.25, -0.2) is 4.79 Å². The molecule has 1 aliphatic carbocycles. The second-order valence-electron chi connectivity index (χ2n) is 9.27. The molecular weight excluding hydrogens is 348 g/mol. The van der Waals surface area contributed by atoms with Crippen molar-refractivity contribution in [3.05, 3.63) is 35.4 Å². The van der Waals surface area contributed by atoms with E-state index in [2.05, 4.69) is 24.3 Å². The second-order valence-corrected chi connectivity index (χ2v) is 9.27. The summed E-state index contributed by atoms with van der Waals surface area (Å²) in [6.45, 7) is 7.32. The Morgan fingerprint density at radius 3 is 2.64 bits per heavy atom. The van der Waals surface area contributed by atoms with E-state index in [9.17, 15) is 4.79 Å². The molecule has 1 saturated heterocycles. The van der Waals surface area contributed by atoms with E-state index in [1.807, 2.05) is 25.7 Å². The normalized spacial score (nSPS) is 21.5. The van der Waals surface area contributed by atoms with Gasteiger partial charge in [0, 0.05) is 24.3 Å². The molecule has 154 valence electrons. The highest BCUT2D eigenvalue weighted by Gasteiger charge is 2.25. The maximum Gasteiger partial charge on any atom is 0.410 e. The molecule has 1 amide bonds. The van der Waals surface area contributed by atoms with Crippen LogP contribution in [0.25, 0.3) is 5.57 Å². The molecule has 3 rings (SSSR count). The van der Waals surface area contributed by atoms with Crippen LogP contribution in [0.2, 0.25) is 0 Å². The molecule has 0 radical (unpaired) electrons. The van der Waals surface area contributed by atoms with Gasteiger partial charge in [0.1, 0.15) is 5.60 Å². The Bertz CT molecular complexity index is 718. The van der Waals surface area contributed by atoms with E-state index >= 15 is 0 Å². The van der Waals surface area contributed by atoms with Gasteiger partial charge in [0.05, 0.1) is 0 Å². The van der Waals surface area contributed by atoms with Crippen LogP contribution >= 0.6 is 0 Å². The number of hydrogen-bond acceptors (Lipinski definition) is 3. The zero-order chi connectivity index (χ0) is 20.1. The molecule has 28 heavy (non-hydrogen) atoms. The lowest BCUT2D eigenvalue weighted by atomic mass is 9.85. The van der Waals surface area contributed by atoms with Crippen LogP contribution in [-0.2, 0) is 4.74 Å². The Kier molecular flexibility index (Phi) is 6.69. The average Bonchev–Trinajstić information content (AvgIpc) is 2.62. The molecule has 0 spiro atoms. The van der Waals surface area contributed by atoms with Gasteiger partial charge in [-0.2, -0.15) is 0 Å². The lowest BCUT2D eigenvalue weighted by Crippen LogP contribution is -2.39. The van der Waals surface area contributed by atoms with E-state index in [1.54, 1.807) is 0 Å². The number of likely N-dealkylation sites (tertiary alicyclic amines) is 1. The second kappa shape index (κ2) is 9.02. The monoisotopic (exact) mass is 384 g/mol. The standard InChI is InChI=1S/C24H36N2O2/c1-24(2,3)28-23(27)26-15-8-7-9-18(14-16-26)20-12-13-22(25)21(17-20)19-10-5-4-6-11-19/h10,12-13,17-18H,4-9,11,14-16,25H2,1-3H3. The van der Waals surface area contributed by atoms with E-state index < -0.39 is 5.60 Å². The predicted octanol–water partition coefficient (Wildman–Crippen LogP) is 6.12. The van der Waals surface area contributed by atoms with Crippen LogP contribution in [0.4, 0.5) is 10.5 Å². The summed E-state index contributed by atoms with van der Waals surface area (Å²) in [6, 6.07) is 6.58.